The molecule has 3 N–H and O–H groups in total. The van der Waals surface area contributed by atoms with Crippen molar-refractivity contribution in [3.8, 4) is 0 Å². The summed E-state index contributed by atoms with van der Waals surface area (Å²) in [5.41, 5.74) is 6.96. The molecule has 0 bridgehead atoms. The normalized spacial score (nSPS) is 20.6. The third kappa shape index (κ3) is 2.98. The second kappa shape index (κ2) is 4.66. The highest BCUT2D eigenvalue weighted by Crippen LogP contribution is 2.40. The Bertz CT molecular complexity index is 216. The molecular weight excluding hydrogens is 196 g/mol. The Balaban J connectivity index is 2.35. The molecule has 0 spiro atoms. The van der Waals surface area contributed by atoms with Gasteiger partial charge in [-0.3, -0.25) is 0 Å². The summed E-state index contributed by atoms with van der Waals surface area (Å²) in [6.45, 7) is 14.7. The first-order valence-electron chi connectivity index (χ1n) is 6.63. The number of hydrogen-bond donors (Lipinski definition) is 2. The molecule has 0 aromatic heterocycles. The number of nitrogens with two attached hydrogens (primary N) is 1. The van der Waals surface area contributed by atoms with Gasteiger partial charge in [-0.15, -0.1) is 0 Å². The minimum absolute atomic E-state index is 0.326. The molecule has 96 valence electrons. The lowest BCUT2D eigenvalue weighted by atomic mass is 9.67. The maximum absolute atomic E-state index is 5.86. The van der Waals surface area contributed by atoms with Crippen molar-refractivity contribution in [1.82, 2.24) is 5.32 Å². The molecule has 0 aromatic carbocycles. The van der Waals surface area contributed by atoms with Crippen molar-refractivity contribution in [3.05, 3.63) is 0 Å². The van der Waals surface area contributed by atoms with Gasteiger partial charge in [0.2, 0.25) is 0 Å². The predicted octanol–water partition coefficient (Wildman–Crippen LogP) is 2.78. The van der Waals surface area contributed by atoms with Gasteiger partial charge >= 0.3 is 0 Å². The summed E-state index contributed by atoms with van der Waals surface area (Å²) >= 11 is 0. The molecule has 0 saturated heterocycles. The van der Waals surface area contributed by atoms with E-state index >= 15 is 0 Å². The van der Waals surface area contributed by atoms with E-state index < -0.39 is 0 Å². The van der Waals surface area contributed by atoms with E-state index in [1.165, 1.54) is 19.3 Å². The Morgan fingerprint density at radius 1 is 1.12 bits per heavy atom. The highest BCUT2D eigenvalue weighted by Gasteiger charge is 2.37. The first kappa shape index (κ1) is 14.0. The molecule has 0 radical (unpaired) electrons. The predicted molar refractivity (Wildman–Crippen MR) is 71.4 cm³/mol. The van der Waals surface area contributed by atoms with Crippen molar-refractivity contribution in [1.29, 1.82) is 0 Å². The zero-order chi connectivity index (χ0) is 12.4. The lowest BCUT2D eigenvalue weighted by Gasteiger charge is -2.44. The maximum atomic E-state index is 5.86. The fraction of sp³-hybridized carbons (Fsp3) is 1.00. The Labute approximate surface area is 101 Å². The van der Waals surface area contributed by atoms with Crippen LogP contribution in [-0.4, -0.2) is 19.6 Å². The van der Waals surface area contributed by atoms with Crippen LogP contribution in [0.5, 0.6) is 0 Å². The average molecular weight is 226 g/mol. The molecule has 1 rings (SSSR count). The standard InChI is InChI=1S/C14H30N2/c1-12(2,3)13(4,5)10-16-11-14(9-15)7-6-8-14/h16H,6-11,15H2,1-5H3. The van der Waals surface area contributed by atoms with E-state index in [2.05, 4.69) is 39.9 Å². The third-order valence-corrected chi connectivity index (χ3v) is 4.94. The monoisotopic (exact) mass is 226 g/mol. The minimum Gasteiger partial charge on any atom is -0.330 e. The van der Waals surface area contributed by atoms with E-state index in [1.807, 2.05) is 0 Å². The van der Waals surface area contributed by atoms with Crippen LogP contribution in [0.4, 0.5) is 0 Å². The van der Waals surface area contributed by atoms with E-state index in [9.17, 15) is 0 Å². The van der Waals surface area contributed by atoms with Crippen LogP contribution < -0.4 is 11.1 Å². The number of hydrogen-bond acceptors (Lipinski definition) is 2. The Morgan fingerprint density at radius 2 is 1.69 bits per heavy atom. The van der Waals surface area contributed by atoms with E-state index in [0.29, 0.717) is 16.2 Å². The van der Waals surface area contributed by atoms with Crippen molar-refractivity contribution in [2.45, 2.75) is 53.9 Å². The van der Waals surface area contributed by atoms with Gasteiger partial charge in [-0.2, -0.15) is 0 Å². The first-order valence-corrected chi connectivity index (χ1v) is 6.63. The first-order chi connectivity index (χ1) is 7.22. The SMILES string of the molecule is CC(C)(C)C(C)(C)CNCC1(CN)CCC1. The Hall–Kier alpha value is -0.0800. The molecule has 1 aliphatic rings. The van der Waals surface area contributed by atoms with Crippen molar-refractivity contribution < 1.29 is 0 Å². The van der Waals surface area contributed by atoms with Gasteiger partial charge < -0.3 is 11.1 Å². The zero-order valence-electron chi connectivity index (χ0n) is 11.8. The molecule has 0 aliphatic heterocycles. The van der Waals surface area contributed by atoms with Gasteiger partial charge in [-0.25, -0.2) is 0 Å². The molecule has 0 unspecified atom stereocenters. The van der Waals surface area contributed by atoms with Crippen molar-refractivity contribution in [2.24, 2.45) is 22.0 Å². The van der Waals surface area contributed by atoms with Crippen LogP contribution in [0.1, 0.15) is 53.9 Å². The average Bonchev–Trinajstić information content (AvgIpc) is 2.07. The second-order valence-corrected chi connectivity index (χ2v) is 7.30. The summed E-state index contributed by atoms with van der Waals surface area (Å²) in [5.74, 6) is 0. The topological polar surface area (TPSA) is 38.0 Å². The smallest absolute Gasteiger partial charge is 0.00201 e. The Morgan fingerprint density at radius 3 is 2.00 bits per heavy atom. The van der Waals surface area contributed by atoms with Gasteiger partial charge in [-0.05, 0) is 35.6 Å². The molecule has 0 heterocycles. The number of nitrogens with one attached hydrogen (secondary N) is 1. The second-order valence-electron chi connectivity index (χ2n) is 7.30. The lowest BCUT2D eigenvalue weighted by molar-refractivity contribution is 0.101. The van der Waals surface area contributed by atoms with Gasteiger partial charge in [0.1, 0.15) is 0 Å². The van der Waals surface area contributed by atoms with Gasteiger partial charge in [-0.1, -0.05) is 41.0 Å². The molecular formula is C14H30N2. The largest absolute Gasteiger partial charge is 0.330 e. The fourth-order valence-electron chi connectivity index (χ4n) is 2.04. The van der Waals surface area contributed by atoms with E-state index in [0.717, 1.165) is 19.6 Å². The van der Waals surface area contributed by atoms with E-state index in [1.54, 1.807) is 0 Å². The van der Waals surface area contributed by atoms with Gasteiger partial charge in [0.25, 0.3) is 0 Å². The molecule has 1 fully saturated rings. The maximum Gasteiger partial charge on any atom is 0.00201 e. The highest BCUT2D eigenvalue weighted by molar-refractivity contribution is 4.92. The van der Waals surface area contributed by atoms with Gasteiger partial charge in [0, 0.05) is 13.1 Å². The van der Waals surface area contributed by atoms with Crippen LogP contribution in [0.15, 0.2) is 0 Å². The number of rotatable bonds is 5. The van der Waals surface area contributed by atoms with E-state index in [4.69, 9.17) is 5.73 Å². The third-order valence-electron chi connectivity index (χ3n) is 4.94. The fourth-order valence-corrected chi connectivity index (χ4v) is 2.04. The van der Waals surface area contributed by atoms with Crippen LogP contribution in [0.3, 0.4) is 0 Å². The summed E-state index contributed by atoms with van der Waals surface area (Å²) in [6.07, 6.45) is 3.99. The zero-order valence-corrected chi connectivity index (χ0v) is 11.8. The van der Waals surface area contributed by atoms with Crippen molar-refractivity contribution in [2.75, 3.05) is 19.6 Å². The van der Waals surface area contributed by atoms with Crippen LogP contribution in [-0.2, 0) is 0 Å². The molecule has 0 amide bonds. The molecule has 16 heavy (non-hydrogen) atoms. The summed E-state index contributed by atoms with van der Waals surface area (Å²) in [6, 6.07) is 0. The molecule has 1 aliphatic carbocycles. The molecule has 0 aromatic rings. The summed E-state index contributed by atoms with van der Waals surface area (Å²) < 4.78 is 0. The summed E-state index contributed by atoms with van der Waals surface area (Å²) in [4.78, 5) is 0. The van der Waals surface area contributed by atoms with Gasteiger partial charge in [0.15, 0.2) is 0 Å². The van der Waals surface area contributed by atoms with Crippen LogP contribution >= 0.6 is 0 Å². The van der Waals surface area contributed by atoms with Crippen LogP contribution in [0, 0.1) is 16.2 Å². The summed E-state index contributed by atoms with van der Waals surface area (Å²) in [7, 11) is 0. The molecule has 2 nitrogen and oxygen atoms in total. The molecule has 2 heteroatoms. The molecule has 1 saturated carbocycles. The minimum atomic E-state index is 0.326. The lowest BCUT2D eigenvalue weighted by Crippen LogP contribution is -2.48. The summed E-state index contributed by atoms with van der Waals surface area (Å²) in [5, 5.41) is 3.65. The van der Waals surface area contributed by atoms with E-state index in [-0.39, 0.29) is 0 Å². The van der Waals surface area contributed by atoms with Crippen LogP contribution in [0.2, 0.25) is 0 Å². The van der Waals surface area contributed by atoms with Crippen molar-refractivity contribution in [3.63, 3.8) is 0 Å². The Kier molecular flexibility index (Phi) is 4.07. The van der Waals surface area contributed by atoms with Crippen molar-refractivity contribution >= 4 is 0 Å². The molecule has 0 atom stereocenters. The van der Waals surface area contributed by atoms with Crippen LogP contribution in [0.25, 0.3) is 0 Å². The van der Waals surface area contributed by atoms with Gasteiger partial charge in [0.05, 0.1) is 0 Å². The quantitative estimate of drug-likeness (QED) is 0.756. The highest BCUT2D eigenvalue weighted by atomic mass is 14.9.